The maximum absolute atomic E-state index is 13.7. The molecule has 3 rings (SSSR count). The molecule has 0 aliphatic rings. The van der Waals surface area contributed by atoms with Crippen LogP contribution in [0, 0.1) is 5.92 Å². The van der Waals surface area contributed by atoms with Gasteiger partial charge < -0.3 is 11.5 Å². The van der Waals surface area contributed by atoms with E-state index < -0.39 is 5.92 Å². The summed E-state index contributed by atoms with van der Waals surface area (Å²) in [7, 11) is 0. The van der Waals surface area contributed by atoms with Crippen LogP contribution in [-0.4, -0.2) is 6.21 Å². The summed E-state index contributed by atoms with van der Waals surface area (Å²) >= 11 is 6.74. The molecule has 0 amide bonds. The van der Waals surface area contributed by atoms with Gasteiger partial charge in [-0.15, -0.1) is 0 Å². The molecule has 3 aromatic rings. The maximum Gasteiger partial charge on any atom is 0.270 e. The molecule has 0 aliphatic carbocycles. The zero-order chi connectivity index (χ0) is 25.0. The first-order valence-electron chi connectivity index (χ1n) is 11.1. The van der Waals surface area contributed by atoms with Crippen molar-refractivity contribution < 1.29 is 8.78 Å². The Bertz CT molecular complexity index is 1200. The lowest BCUT2D eigenvalue weighted by atomic mass is 9.96. The summed E-state index contributed by atoms with van der Waals surface area (Å²) in [5, 5.41) is 0.372. The number of benzene rings is 3. The predicted octanol–water partition coefficient (Wildman–Crippen LogP) is 8.13. The molecule has 178 valence electrons. The van der Waals surface area contributed by atoms with E-state index in [2.05, 4.69) is 32.6 Å². The second kappa shape index (κ2) is 10.4. The standard InChI is InChI=1S/C28H30ClF2N3/c1-5-18-6-8-19(9-7-18)26(14-17(2)3)34-16-23-24(32)13-12-22(27(23)29)21-11-10-20(15-25(21)33)28(4,30)31/h5-13,15-17,26H,1,14,32-33H2,2-4H3. The van der Waals surface area contributed by atoms with Crippen LogP contribution in [0.15, 0.2) is 66.2 Å². The number of hydrogen-bond donors (Lipinski definition) is 2. The molecule has 34 heavy (non-hydrogen) atoms. The van der Waals surface area contributed by atoms with E-state index in [0.717, 1.165) is 24.5 Å². The number of hydrogen-bond acceptors (Lipinski definition) is 3. The summed E-state index contributed by atoms with van der Waals surface area (Å²) in [5.41, 5.74) is 16.8. The molecule has 0 spiro atoms. The van der Waals surface area contributed by atoms with E-state index in [1.54, 1.807) is 30.5 Å². The van der Waals surface area contributed by atoms with Gasteiger partial charge in [-0.1, -0.05) is 80.6 Å². The Morgan fingerprint density at radius 3 is 2.21 bits per heavy atom. The van der Waals surface area contributed by atoms with Crippen LogP contribution in [0.2, 0.25) is 5.02 Å². The number of nitrogen functional groups attached to an aromatic ring is 2. The second-order valence-corrected chi connectivity index (χ2v) is 9.29. The highest BCUT2D eigenvalue weighted by molar-refractivity contribution is 6.36. The van der Waals surface area contributed by atoms with Gasteiger partial charge in [0.15, 0.2) is 0 Å². The molecule has 1 atom stereocenters. The van der Waals surface area contributed by atoms with Crippen molar-refractivity contribution >= 4 is 35.3 Å². The van der Waals surface area contributed by atoms with E-state index in [-0.39, 0.29) is 17.3 Å². The summed E-state index contributed by atoms with van der Waals surface area (Å²) in [6.07, 6.45) is 4.34. The van der Waals surface area contributed by atoms with Crippen LogP contribution in [0.3, 0.4) is 0 Å². The summed E-state index contributed by atoms with van der Waals surface area (Å²) in [6.45, 7) is 8.93. The smallest absolute Gasteiger partial charge is 0.270 e. The Kier molecular flexibility index (Phi) is 7.78. The fourth-order valence-corrected chi connectivity index (χ4v) is 4.10. The van der Waals surface area contributed by atoms with Gasteiger partial charge in [0.2, 0.25) is 0 Å². The van der Waals surface area contributed by atoms with Crippen LogP contribution >= 0.6 is 11.6 Å². The number of halogens is 3. The first-order chi connectivity index (χ1) is 16.0. The number of nitrogens with zero attached hydrogens (tertiary/aromatic N) is 1. The van der Waals surface area contributed by atoms with Gasteiger partial charge in [0.05, 0.1) is 11.1 Å². The minimum absolute atomic E-state index is 0.0749. The van der Waals surface area contributed by atoms with Crippen LogP contribution in [0.4, 0.5) is 20.2 Å². The fourth-order valence-electron chi connectivity index (χ4n) is 3.78. The zero-order valence-corrected chi connectivity index (χ0v) is 20.4. The lowest BCUT2D eigenvalue weighted by molar-refractivity contribution is 0.0175. The SMILES string of the molecule is C=Cc1ccc(C(CC(C)C)N=Cc2c(N)ccc(-c3ccc(C(C)(F)F)cc3N)c2Cl)cc1. The third kappa shape index (κ3) is 5.84. The van der Waals surface area contributed by atoms with Crippen molar-refractivity contribution in [3.05, 3.63) is 88.5 Å². The summed E-state index contributed by atoms with van der Waals surface area (Å²) in [4.78, 5) is 4.84. The lowest BCUT2D eigenvalue weighted by Crippen LogP contribution is -2.08. The number of nitrogens with two attached hydrogens (primary N) is 2. The molecule has 3 aromatic carbocycles. The maximum atomic E-state index is 13.7. The van der Waals surface area contributed by atoms with Crippen LogP contribution in [0.25, 0.3) is 17.2 Å². The molecule has 0 aromatic heterocycles. The highest BCUT2D eigenvalue weighted by Gasteiger charge is 2.25. The van der Waals surface area contributed by atoms with Gasteiger partial charge >= 0.3 is 0 Å². The van der Waals surface area contributed by atoms with Gasteiger partial charge in [-0.25, -0.2) is 8.78 Å². The number of anilines is 2. The highest BCUT2D eigenvalue weighted by atomic mass is 35.5. The van der Waals surface area contributed by atoms with Crippen molar-refractivity contribution in [3.63, 3.8) is 0 Å². The lowest BCUT2D eigenvalue weighted by Gasteiger charge is -2.17. The topological polar surface area (TPSA) is 64.4 Å². The third-order valence-corrected chi connectivity index (χ3v) is 6.10. The number of aliphatic imine (C=N–C) groups is 1. The predicted molar refractivity (Wildman–Crippen MR) is 142 cm³/mol. The first-order valence-corrected chi connectivity index (χ1v) is 11.5. The van der Waals surface area contributed by atoms with Crippen LogP contribution in [0.1, 0.15) is 55.5 Å². The van der Waals surface area contributed by atoms with Crippen LogP contribution in [-0.2, 0) is 5.92 Å². The number of rotatable bonds is 8. The minimum Gasteiger partial charge on any atom is -0.398 e. The van der Waals surface area contributed by atoms with Crippen LogP contribution in [0.5, 0.6) is 0 Å². The summed E-state index contributed by atoms with van der Waals surface area (Å²) in [6, 6.07) is 15.7. The minimum atomic E-state index is -2.98. The van der Waals surface area contributed by atoms with Gasteiger partial charge in [-0.2, -0.15) is 0 Å². The average molecular weight is 482 g/mol. The van der Waals surface area contributed by atoms with E-state index >= 15 is 0 Å². The van der Waals surface area contributed by atoms with Crippen molar-refractivity contribution in [1.29, 1.82) is 0 Å². The Balaban J connectivity index is 2.01. The van der Waals surface area contributed by atoms with Gasteiger partial charge in [0, 0.05) is 46.8 Å². The van der Waals surface area contributed by atoms with Crippen LogP contribution < -0.4 is 11.5 Å². The Morgan fingerprint density at radius 1 is 1.00 bits per heavy atom. The monoisotopic (exact) mass is 481 g/mol. The van der Waals surface area contributed by atoms with Crippen molar-refractivity contribution in [3.8, 4) is 11.1 Å². The molecule has 6 heteroatoms. The van der Waals surface area contributed by atoms with Gasteiger partial charge in [0.25, 0.3) is 5.92 Å². The van der Waals surface area contributed by atoms with Gasteiger partial charge in [0.1, 0.15) is 0 Å². The molecule has 0 heterocycles. The number of alkyl halides is 2. The summed E-state index contributed by atoms with van der Waals surface area (Å²) in [5.74, 6) is -2.56. The molecular weight excluding hydrogens is 452 g/mol. The quantitative estimate of drug-likeness (QED) is 0.252. The molecule has 1 unspecified atom stereocenters. The summed E-state index contributed by atoms with van der Waals surface area (Å²) < 4.78 is 27.4. The largest absolute Gasteiger partial charge is 0.398 e. The fraction of sp³-hybridized carbons (Fsp3) is 0.250. The zero-order valence-electron chi connectivity index (χ0n) is 19.7. The van der Waals surface area contributed by atoms with E-state index in [1.165, 1.54) is 12.1 Å². The molecule has 4 N–H and O–H groups in total. The Labute approximate surface area is 205 Å². The molecule has 0 bridgehead atoms. The van der Waals surface area contributed by atoms with E-state index in [1.807, 2.05) is 12.1 Å². The second-order valence-electron chi connectivity index (χ2n) is 8.91. The third-order valence-electron chi connectivity index (χ3n) is 5.70. The Hall–Kier alpha value is -3.18. The average Bonchev–Trinajstić information content (AvgIpc) is 2.78. The highest BCUT2D eigenvalue weighted by Crippen LogP contribution is 2.39. The molecule has 0 radical (unpaired) electrons. The van der Waals surface area contributed by atoms with E-state index in [4.69, 9.17) is 28.1 Å². The normalized spacial score (nSPS) is 12.9. The molecule has 0 fully saturated rings. The van der Waals surface area contributed by atoms with Crippen molar-refractivity contribution in [2.75, 3.05) is 11.5 Å². The van der Waals surface area contributed by atoms with E-state index in [0.29, 0.717) is 33.3 Å². The Morgan fingerprint density at radius 2 is 1.65 bits per heavy atom. The van der Waals surface area contributed by atoms with Crippen molar-refractivity contribution in [2.24, 2.45) is 10.9 Å². The van der Waals surface area contributed by atoms with E-state index in [9.17, 15) is 8.78 Å². The van der Waals surface area contributed by atoms with Gasteiger partial charge in [-0.05, 0) is 35.6 Å². The molecule has 3 nitrogen and oxygen atoms in total. The molecular formula is C28H30ClF2N3. The molecule has 0 saturated carbocycles. The van der Waals surface area contributed by atoms with Crippen molar-refractivity contribution in [2.45, 2.75) is 39.2 Å². The van der Waals surface area contributed by atoms with Gasteiger partial charge in [-0.3, -0.25) is 4.99 Å². The molecule has 0 aliphatic heterocycles. The first kappa shape index (κ1) is 25.4. The van der Waals surface area contributed by atoms with Crippen molar-refractivity contribution in [1.82, 2.24) is 0 Å². The molecule has 0 saturated heterocycles.